The summed E-state index contributed by atoms with van der Waals surface area (Å²) in [6, 6.07) is 9.36. The number of hydrogen-bond donors (Lipinski definition) is 2. The van der Waals surface area contributed by atoms with Gasteiger partial charge in [-0.05, 0) is 82.2 Å². The molecule has 1 aromatic carbocycles. The summed E-state index contributed by atoms with van der Waals surface area (Å²) in [7, 11) is 0. The van der Waals surface area contributed by atoms with Crippen molar-refractivity contribution in [2.45, 2.75) is 70.2 Å². The van der Waals surface area contributed by atoms with Crippen molar-refractivity contribution < 1.29 is 19.0 Å². The number of alkyl halides is 1. The number of anilines is 1. The van der Waals surface area contributed by atoms with Crippen LogP contribution in [-0.4, -0.2) is 51.3 Å². The molecule has 1 aliphatic heterocycles. The fourth-order valence-corrected chi connectivity index (χ4v) is 5.35. The number of H-pyrrole nitrogens is 1. The van der Waals surface area contributed by atoms with Gasteiger partial charge in [0, 0.05) is 24.8 Å². The number of aromatic nitrogens is 3. The topological polar surface area (TPSA) is 91.3 Å². The van der Waals surface area contributed by atoms with E-state index in [1.165, 1.54) is 13.0 Å². The van der Waals surface area contributed by atoms with Crippen LogP contribution in [0.5, 0.6) is 0 Å². The third-order valence-electron chi connectivity index (χ3n) is 8.15. The number of aromatic amines is 1. The number of carbonyl (C=O) groups is 1. The van der Waals surface area contributed by atoms with Gasteiger partial charge in [-0.3, -0.25) is 4.79 Å². The van der Waals surface area contributed by atoms with E-state index in [4.69, 9.17) is 4.74 Å². The molecular weight excluding hydrogens is 471 g/mol. The summed E-state index contributed by atoms with van der Waals surface area (Å²) < 4.78 is 21.0. The Morgan fingerprint density at radius 1 is 1.22 bits per heavy atom. The number of carboxylic acid groups (broad SMARTS) is 1. The predicted octanol–water partition coefficient (Wildman–Crippen LogP) is 6.01. The molecule has 1 saturated carbocycles. The maximum atomic E-state index is 14.6. The first-order chi connectivity index (χ1) is 17.7. The van der Waals surface area contributed by atoms with Crippen LogP contribution in [0.3, 0.4) is 0 Å². The van der Waals surface area contributed by atoms with Crippen molar-refractivity contribution in [1.82, 2.24) is 15.0 Å². The van der Waals surface area contributed by atoms with Crippen molar-refractivity contribution in [1.29, 1.82) is 0 Å². The number of rotatable bonds is 7. The smallest absolute Gasteiger partial charge is 0.309 e. The van der Waals surface area contributed by atoms with Gasteiger partial charge >= 0.3 is 5.97 Å². The molecule has 2 aromatic heterocycles. The monoisotopic (exact) mass is 506 g/mol. The minimum absolute atomic E-state index is 0.164. The van der Waals surface area contributed by atoms with Crippen LogP contribution in [-0.2, 0) is 15.2 Å². The van der Waals surface area contributed by atoms with Gasteiger partial charge in [0.2, 0.25) is 0 Å². The Kier molecular flexibility index (Phi) is 6.79. The molecular formula is C29H35FN4O3. The van der Waals surface area contributed by atoms with Crippen LogP contribution in [0.2, 0.25) is 0 Å². The summed E-state index contributed by atoms with van der Waals surface area (Å²) in [6.07, 6.45) is 8.35. The Hall–Kier alpha value is -3.26. The number of allylic oxidation sites excluding steroid dienone is 1. The number of imidazole rings is 1. The van der Waals surface area contributed by atoms with E-state index in [1.54, 1.807) is 12.1 Å². The van der Waals surface area contributed by atoms with E-state index < -0.39 is 17.1 Å². The summed E-state index contributed by atoms with van der Waals surface area (Å²) in [5, 5.41) is 9.43. The molecule has 1 unspecified atom stereocenters. The molecule has 37 heavy (non-hydrogen) atoms. The molecule has 1 aliphatic carbocycles. The molecule has 2 aliphatic rings. The molecule has 0 bridgehead atoms. The summed E-state index contributed by atoms with van der Waals surface area (Å²) >= 11 is 0. The normalized spacial score (nSPS) is 24.6. The summed E-state index contributed by atoms with van der Waals surface area (Å²) in [6.45, 7) is 8.66. The van der Waals surface area contributed by atoms with Crippen LogP contribution in [0.25, 0.3) is 22.4 Å². The van der Waals surface area contributed by atoms with Gasteiger partial charge in [-0.1, -0.05) is 18.7 Å². The molecule has 2 fully saturated rings. The average Bonchev–Trinajstić information content (AvgIpc) is 3.34. The quantitative estimate of drug-likeness (QED) is 0.381. The lowest BCUT2D eigenvalue weighted by molar-refractivity contribution is -0.152. The van der Waals surface area contributed by atoms with Crippen LogP contribution in [0.15, 0.2) is 49.2 Å². The molecule has 1 atom stereocenters. The summed E-state index contributed by atoms with van der Waals surface area (Å²) in [5.74, 6) is 0.929. The van der Waals surface area contributed by atoms with Gasteiger partial charge in [0.05, 0.1) is 28.7 Å². The molecule has 8 heteroatoms. The lowest BCUT2D eigenvalue weighted by Crippen LogP contribution is -2.41. The van der Waals surface area contributed by atoms with Crippen LogP contribution in [0, 0.1) is 5.41 Å². The molecule has 2 N–H and O–H groups in total. The number of ether oxygens (including phenoxy) is 1. The number of fused-ring (bicyclic) bond motifs is 1. The molecule has 0 radical (unpaired) electrons. The van der Waals surface area contributed by atoms with Crippen molar-refractivity contribution in [3.63, 3.8) is 0 Å². The number of carboxylic acids is 1. The zero-order valence-electron chi connectivity index (χ0n) is 21.5. The lowest BCUT2D eigenvalue weighted by Gasteiger charge is -2.38. The van der Waals surface area contributed by atoms with Gasteiger partial charge in [-0.2, -0.15) is 0 Å². The predicted molar refractivity (Wildman–Crippen MR) is 142 cm³/mol. The van der Waals surface area contributed by atoms with E-state index in [9.17, 15) is 14.3 Å². The Morgan fingerprint density at radius 3 is 2.54 bits per heavy atom. The zero-order chi connectivity index (χ0) is 26.2. The first-order valence-electron chi connectivity index (χ1n) is 13.1. The molecule has 3 heterocycles. The highest BCUT2D eigenvalue weighted by Crippen LogP contribution is 2.38. The molecule has 0 amide bonds. The SMILES string of the molecule is C=CC(C)(F)c1ccc2nc(-c3ccc(N4CCC(OC5CCC(C)(C(=O)O)CC5)CC4)nc3)[nH]c2c1. The maximum Gasteiger partial charge on any atom is 0.309 e. The van der Waals surface area contributed by atoms with E-state index in [2.05, 4.69) is 26.4 Å². The fraction of sp³-hybridized carbons (Fsp3) is 0.483. The molecule has 196 valence electrons. The fourth-order valence-electron chi connectivity index (χ4n) is 5.35. The highest BCUT2D eigenvalue weighted by Gasteiger charge is 2.38. The Labute approximate surface area is 216 Å². The number of piperidine rings is 1. The van der Waals surface area contributed by atoms with Crippen LogP contribution in [0.1, 0.15) is 57.9 Å². The second kappa shape index (κ2) is 9.89. The van der Waals surface area contributed by atoms with Crippen molar-refractivity contribution in [2.75, 3.05) is 18.0 Å². The molecule has 3 aromatic rings. The van der Waals surface area contributed by atoms with Crippen molar-refractivity contribution in [3.05, 3.63) is 54.7 Å². The van der Waals surface area contributed by atoms with E-state index in [-0.39, 0.29) is 12.2 Å². The minimum Gasteiger partial charge on any atom is -0.481 e. The van der Waals surface area contributed by atoms with Crippen LogP contribution < -0.4 is 4.90 Å². The number of nitrogens with zero attached hydrogens (tertiary/aromatic N) is 3. The molecule has 1 saturated heterocycles. The third kappa shape index (κ3) is 5.25. The number of benzene rings is 1. The van der Waals surface area contributed by atoms with Gasteiger partial charge < -0.3 is 19.7 Å². The Morgan fingerprint density at radius 2 is 1.92 bits per heavy atom. The van der Waals surface area contributed by atoms with Crippen LogP contribution >= 0.6 is 0 Å². The molecule has 0 spiro atoms. The molecule has 5 rings (SSSR count). The van der Waals surface area contributed by atoms with E-state index >= 15 is 0 Å². The average molecular weight is 507 g/mol. The van der Waals surface area contributed by atoms with Crippen LogP contribution in [0.4, 0.5) is 10.2 Å². The lowest BCUT2D eigenvalue weighted by atomic mass is 9.75. The number of aliphatic carboxylic acids is 1. The van der Waals surface area contributed by atoms with Crippen molar-refractivity contribution in [2.24, 2.45) is 5.41 Å². The maximum absolute atomic E-state index is 14.6. The summed E-state index contributed by atoms with van der Waals surface area (Å²) in [5.41, 5.74) is 0.753. The third-order valence-corrected chi connectivity index (χ3v) is 8.15. The van der Waals surface area contributed by atoms with E-state index in [0.717, 1.165) is 61.2 Å². The van der Waals surface area contributed by atoms with Crippen molar-refractivity contribution >= 4 is 22.8 Å². The van der Waals surface area contributed by atoms with Gasteiger partial charge in [0.1, 0.15) is 11.6 Å². The van der Waals surface area contributed by atoms with E-state index in [0.29, 0.717) is 24.2 Å². The van der Waals surface area contributed by atoms with Crippen molar-refractivity contribution in [3.8, 4) is 11.4 Å². The number of hydrogen-bond acceptors (Lipinski definition) is 5. The van der Waals surface area contributed by atoms with Gasteiger partial charge in [0.25, 0.3) is 0 Å². The summed E-state index contributed by atoms with van der Waals surface area (Å²) in [4.78, 5) is 26.4. The largest absolute Gasteiger partial charge is 0.481 e. The Bertz CT molecular complexity index is 1270. The number of nitrogens with one attached hydrogen (secondary N) is 1. The first kappa shape index (κ1) is 25.4. The highest BCUT2D eigenvalue weighted by atomic mass is 19.1. The van der Waals surface area contributed by atoms with Gasteiger partial charge in [-0.15, -0.1) is 0 Å². The number of pyridine rings is 1. The minimum atomic E-state index is -1.60. The van der Waals surface area contributed by atoms with Gasteiger partial charge in [0.15, 0.2) is 5.67 Å². The van der Waals surface area contributed by atoms with Gasteiger partial charge in [-0.25, -0.2) is 14.4 Å². The second-order valence-electron chi connectivity index (χ2n) is 10.9. The standard InChI is InChI=1S/C29H35FN4O3/c1-4-29(3,30)20-6-7-23-24(17-20)33-26(32-23)19-5-8-25(31-18-19)34-15-11-22(12-16-34)37-21-9-13-28(2,14-10-21)27(35)36/h4-8,17-18,21-22H,1,9-16H2,2-3H3,(H,32,33)(H,35,36). The Balaban J connectivity index is 1.17. The van der Waals surface area contributed by atoms with E-state index in [1.807, 2.05) is 31.3 Å². The highest BCUT2D eigenvalue weighted by molar-refractivity contribution is 5.80. The first-order valence-corrected chi connectivity index (χ1v) is 13.1. The zero-order valence-corrected chi connectivity index (χ0v) is 21.5. The second-order valence-corrected chi connectivity index (χ2v) is 10.9. The number of halogens is 1. The molecule has 7 nitrogen and oxygen atoms in total.